The SMILES string of the molecule is Cn1c(=O)n(C2CCC(=O)NC2=O)c2cccc(C3CCN(CC(=O)OC(C)(C)C)CC3)c21. The van der Waals surface area contributed by atoms with E-state index in [-0.39, 0.29) is 36.4 Å². The van der Waals surface area contributed by atoms with Gasteiger partial charge in [-0.05, 0) is 70.7 Å². The molecule has 178 valence electrons. The van der Waals surface area contributed by atoms with Gasteiger partial charge in [0.2, 0.25) is 11.8 Å². The fourth-order valence-corrected chi connectivity index (χ4v) is 4.99. The van der Waals surface area contributed by atoms with Crippen LogP contribution in [0.4, 0.5) is 0 Å². The number of ether oxygens (including phenoxy) is 1. The van der Waals surface area contributed by atoms with Gasteiger partial charge in [-0.25, -0.2) is 4.79 Å². The Kier molecular flexibility index (Phi) is 6.18. The molecule has 1 aromatic heterocycles. The highest BCUT2D eigenvalue weighted by Crippen LogP contribution is 2.34. The highest BCUT2D eigenvalue weighted by molar-refractivity contribution is 6.00. The summed E-state index contributed by atoms with van der Waals surface area (Å²) in [4.78, 5) is 51.5. The molecule has 9 heteroatoms. The van der Waals surface area contributed by atoms with Crippen LogP contribution in [0.3, 0.4) is 0 Å². The maximum absolute atomic E-state index is 13.1. The molecule has 0 aliphatic carbocycles. The van der Waals surface area contributed by atoms with Crippen LogP contribution in [-0.4, -0.2) is 57.1 Å². The third kappa shape index (κ3) is 4.73. The Balaban J connectivity index is 1.55. The van der Waals surface area contributed by atoms with Gasteiger partial charge in [-0.2, -0.15) is 0 Å². The standard InChI is InChI=1S/C24H32N4O5/c1-24(2,3)33-20(30)14-27-12-10-15(11-13-27)16-6-5-7-17-21(16)26(4)23(32)28(17)18-8-9-19(29)25-22(18)31/h5-7,15,18H,8-14H2,1-4H3,(H,25,29,31). The first-order valence-corrected chi connectivity index (χ1v) is 11.5. The first kappa shape index (κ1) is 23.2. The number of nitrogens with zero attached hydrogens (tertiary/aromatic N) is 3. The van der Waals surface area contributed by atoms with E-state index in [1.54, 1.807) is 11.6 Å². The molecule has 1 atom stereocenters. The van der Waals surface area contributed by atoms with Gasteiger partial charge in [0, 0.05) is 13.5 Å². The van der Waals surface area contributed by atoms with Crippen molar-refractivity contribution in [2.24, 2.45) is 7.05 Å². The van der Waals surface area contributed by atoms with Gasteiger partial charge < -0.3 is 4.74 Å². The molecule has 2 aliphatic rings. The number of carbonyl (C=O) groups excluding carboxylic acids is 3. The average molecular weight is 457 g/mol. The lowest BCUT2D eigenvalue weighted by Gasteiger charge is -2.32. The van der Waals surface area contributed by atoms with Crippen LogP contribution in [0.15, 0.2) is 23.0 Å². The van der Waals surface area contributed by atoms with Crippen molar-refractivity contribution in [1.29, 1.82) is 0 Å². The fourth-order valence-electron chi connectivity index (χ4n) is 4.99. The number of amides is 2. The van der Waals surface area contributed by atoms with Gasteiger partial charge in [-0.15, -0.1) is 0 Å². The molecule has 2 aromatic rings. The monoisotopic (exact) mass is 456 g/mol. The quantitative estimate of drug-likeness (QED) is 0.556. The van der Waals surface area contributed by atoms with E-state index < -0.39 is 17.6 Å². The summed E-state index contributed by atoms with van der Waals surface area (Å²) in [5.41, 5.74) is 1.87. The Morgan fingerprint density at radius 3 is 2.45 bits per heavy atom. The maximum Gasteiger partial charge on any atom is 0.329 e. The topological polar surface area (TPSA) is 103 Å². The van der Waals surface area contributed by atoms with Gasteiger partial charge in [-0.3, -0.25) is 33.7 Å². The van der Waals surface area contributed by atoms with Crippen molar-refractivity contribution in [3.8, 4) is 0 Å². The molecule has 1 N–H and O–H groups in total. The van der Waals surface area contributed by atoms with Crippen molar-refractivity contribution in [2.75, 3.05) is 19.6 Å². The van der Waals surface area contributed by atoms with Crippen LogP contribution in [0.1, 0.15) is 64.0 Å². The van der Waals surface area contributed by atoms with E-state index in [1.807, 2.05) is 39.0 Å². The van der Waals surface area contributed by atoms with Crippen LogP contribution in [-0.2, 0) is 26.2 Å². The summed E-state index contributed by atoms with van der Waals surface area (Å²) < 4.78 is 8.58. The van der Waals surface area contributed by atoms with E-state index in [2.05, 4.69) is 10.2 Å². The number of nitrogens with one attached hydrogen (secondary N) is 1. The summed E-state index contributed by atoms with van der Waals surface area (Å²) in [6, 6.07) is 5.14. The van der Waals surface area contributed by atoms with E-state index in [0.29, 0.717) is 11.9 Å². The van der Waals surface area contributed by atoms with Gasteiger partial charge in [0.05, 0.1) is 17.6 Å². The highest BCUT2D eigenvalue weighted by Gasteiger charge is 2.33. The predicted octanol–water partition coefficient (Wildman–Crippen LogP) is 1.84. The molecule has 9 nitrogen and oxygen atoms in total. The number of benzene rings is 1. The Hall–Kier alpha value is -2.94. The van der Waals surface area contributed by atoms with Gasteiger partial charge in [0.25, 0.3) is 0 Å². The molecule has 0 radical (unpaired) electrons. The number of hydrogen-bond acceptors (Lipinski definition) is 6. The Morgan fingerprint density at radius 1 is 1.12 bits per heavy atom. The second kappa shape index (κ2) is 8.78. The number of imidazole rings is 1. The Labute approximate surface area is 192 Å². The summed E-state index contributed by atoms with van der Waals surface area (Å²) in [6.07, 6.45) is 2.26. The minimum Gasteiger partial charge on any atom is -0.459 e. The van der Waals surface area contributed by atoms with Crippen molar-refractivity contribution in [3.05, 3.63) is 34.2 Å². The normalized spacial score (nSPS) is 20.8. The molecule has 0 bridgehead atoms. The maximum atomic E-state index is 13.1. The predicted molar refractivity (Wildman–Crippen MR) is 123 cm³/mol. The zero-order chi connectivity index (χ0) is 23.9. The zero-order valence-corrected chi connectivity index (χ0v) is 19.7. The van der Waals surface area contributed by atoms with Gasteiger partial charge in [0.1, 0.15) is 11.6 Å². The lowest BCUT2D eigenvalue weighted by atomic mass is 9.88. The van der Waals surface area contributed by atoms with E-state index in [9.17, 15) is 19.2 Å². The van der Waals surface area contributed by atoms with E-state index in [0.717, 1.165) is 37.0 Å². The van der Waals surface area contributed by atoms with Crippen LogP contribution in [0, 0.1) is 0 Å². The van der Waals surface area contributed by atoms with Crippen LogP contribution in [0.2, 0.25) is 0 Å². The van der Waals surface area contributed by atoms with Crippen LogP contribution >= 0.6 is 0 Å². The number of para-hydroxylation sites is 1. The minimum absolute atomic E-state index is 0.216. The highest BCUT2D eigenvalue weighted by atomic mass is 16.6. The second-order valence-electron chi connectivity index (χ2n) is 10.0. The minimum atomic E-state index is -0.690. The number of aromatic nitrogens is 2. The van der Waals surface area contributed by atoms with Crippen LogP contribution in [0.5, 0.6) is 0 Å². The number of carbonyl (C=O) groups is 3. The van der Waals surface area contributed by atoms with E-state index in [4.69, 9.17) is 4.74 Å². The van der Waals surface area contributed by atoms with Crippen molar-refractivity contribution in [2.45, 2.75) is 64.0 Å². The number of imide groups is 1. The van der Waals surface area contributed by atoms with E-state index >= 15 is 0 Å². The zero-order valence-electron chi connectivity index (χ0n) is 19.7. The first-order valence-electron chi connectivity index (χ1n) is 11.5. The van der Waals surface area contributed by atoms with Gasteiger partial charge >= 0.3 is 11.7 Å². The number of rotatable bonds is 4. The summed E-state index contributed by atoms with van der Waals surface area (Å²) in [5, 5.41) is 2.35. The van der Waals surface area contributed by atoms with E-state index in [1.165, 1.54) is 4.57 Å². The summed E-state index contributed by atoms with van der Waals surface area (Å²) >= 11 is 0. The lowest BCUT2D eigenvalue weighted by Crippen LogP contribution is -2.44. The number of esters is 1. The molecule has 2 amide bonds. The Bertz CT molecular complexity index is 1150. The third-order valence-electron chi connectivity index (χ3n) is 6.46. The number of piperidine rings is 2. The molecule has 0 spiro atoms. The Morgan fingerprint density at radius 2 is 1.82 bits per heavy atom. The third-order valence-corrected chi connectivity index (χ3v) is 6.46. The first-order chi connectivity index (χ1) is 15.5. The number of aryl methyl sites for hydroxylation is 1. The molecule has 1 aromatic carbocycles. The molecule has 1 unspecified atom stereocenters. The average Bonchev–Trinajstić information content (AvgIpc) is 2.98. The molecule has 2 saturated heterocycles. The molecule has 2 aliphatic heterocycles. The van der Waals surface area contributed by atoms with Crippen LogP contribution in [0.25, 0.3) is 11.0 Å². The summed E-state index contributed by atoms with van der Waals surface area (Å²) in [5.74, 6) is -0.705. The lowest BCUT2D eigenvalue weighted by molar-refractivity contribution is -0.156. The number of fused-ring (bicyclic) bond motifs is 1. The molecule has 4 rings (SSSR count). The summed E-state index contributed by atoms with van der Waals surface area (Å²) in [7, 11) is 1.73. The van der Waals surface area contributed by atoms with Crippen LogP contribution < -0.4 is 11.0 Å². The summed E-state index contributed by atoms with van der Waals surface area (Å²) in [6.45, 7) is 7.40. The molecule has 33 heavy (non-hydrogen) atoms. The van der Waals surface area contributed by atoms with Gasteiger partial charge in [0.15, 0.2) is 0 Å². The smallest absolute Gasteiger partial charge is 0.329 e. The van der Waals surface area contributed by atoms with Gasteiger partial charge in [-0.1, -0.05) is 12.1 Å². The molecular formula is C24H32N4O5. The molecule has 0 saturated carbocycles. The van der Waals surface area contributed by atoms with Crippen molar-refractivity contribution in [3.63, 3.8) is 0 Å². The molecule has 3 heterocycles. The number of hydrogen-bond donors (Lipinski definition) is 1. The van der Waals surface area contributed by atoms with Crippen molar-refractivity contribution >= 4 is 28.8 Å². The molecule has 2 fully saturated rings. The molecular weight excluding hydrogens is 424 g/mol. The van der Waals surface area contributed by atoms with Crippen molar-refractivity contribution in [1.82, 2.24) is 19.4 Å². The van der Waals surface area contributed by atoms with Crippen molar-refractivity contribution < 1.29 is 19.1 Å². The largest absolute Gasteiger partial charge is 0.459 e. The second-order valence-corrected chi connectivity index (χ2v) is 10.0. The fraction of sp³-hybridized carbons (Fsp3) is 0.583. The number of likely N-dealkylation sites (tertiary alicyclic amines) is 1.